The lowest BCUT2D eigenvalue weighted by atomic mass is 10.1. The minimum atomic E-state index is 0.596. The minimum Gasteiger partial charge on any atom is -0.311 e. The first-order valence-electron chi connectivity index (χ1n) is 6.71. The number of nitrogens with one attached hydrogen (secondary N) is 1. The van der Waals surface area contributed by atoms with Gasteiger partial charge in [0.25, 0.3) is 0 Å². The van der Waals surface area contributed by atoms with Gasteiger partial charge in [0.1, 0.15) is 0 Å². The van der Waals surface area contributed by atoms with Crippen LogP contribution in [0.2, 0.25) is 0 Å². The Morgan fingerprint density at radius 2 is 2.29 bits per heavy atom. The summed E-state index contributed by atoms with van der Waals surface area (Å²) in [5, 5.41) is 7.90. The summed E-state index contributed by atoms with van der Waals surface area (Å²) < 4.78 is 2.00. The molecule has 0 amide bonds. The van der Waals surface area contributed by atoms with Crippen molar-refractivity contribution < 1.29 is 0 Å². The molecule has 0 saturated carbocycles. The largest absolute Gasteiger partial charge is 0.311 e. The Kier molecular flexibility index (Phi) is 4.18. The van der Waals surface area contributed by atoms with Gasteiger partial charge in [0, 0.05) is 50.0 Å². The molecule has 0 aromatic carbocycles. The van der Waals surface area contributed by atoms with Crippen molar-refractivity contribution in [2.24, 2.45) is 0 Å². The monoisotopic (exact) mass is 236 g/mol. The van der Waals surface area contributed by atoms with Crippen LogP contribution in [0.3, 0.4) is 0 Å². The minimum absolute atomic E-state index is 0.596. The predicted molar refractivity (Wildman–Crippen MR) is 69.9 cm³/mol. The highest BCUT2D eigenvalue weighted by Gasteiger charge is 2.24. The fourth-order valence-corrected chi connectivity index (χ4v) is 2.52. The smallest absolute Gasteiger partial charge is 0.0534 e. The van der Waals surface area contributed by atoms with Gasteiger partial charge in [-0.2, -0.15) is 5.10 Å². The molecule has 2 heterocycles. The number of aryl methyl sites for hydroxylation is 1. The molecule has 2 unspecified atom stereocenters. The molecule has 1 fully saturated rings. The molecule has 4 heteroatoms. The fraction of sp³-hybridized carbons (Fsp3) is 0.769. The molecular weight excluding hydrogens is 212 g/mol. The maximum Gasteiger partial charge on any atom is 0.0534 e. The van der Waals surface area contributed by atoms with Crippen LogP contribution >= 0.6 is 0 Å². The third-order valence-corrected chi connectivity index (χ3v) is 3.59. The Hall–Kier alpha value is -0.870. The van der Waals surface area contributed by atoms with Crippen molar-refractivity contribution in [1.82, 2.24) is 20.0 Å². The zero-order valence-electron chi connectivity index (χ0n) is 11.2. The van der Waals surface area contributed by atoms with E-state index in [1.54, 1.807) is 0 Å². The van der Waals surface area contributed by atoms with E-state index in [0.717, 1.165) is 26.2 Å². The van der Waals surface area contributed by atoms with Gasteiger partial charge in [-0.3, -0.25) is 9.58 Å². The van der Waals surface area contributed by atoms with Crippen molar-refractivity contribution in [1.29, 1.82) is 0 Å². The summed E-state index contributed by atoms with van der Waals surface area (Å²) in [6.45, 7) is 10.9. The molecule has 4 nitrogen and oxygen atoms in total. The van der Waals surface area contributed by atoms with E-state index in [4.69, 9.17) is 0 Å². The summed E-state index contributed by atoms with van der Waals surface area (Å²) in [6, 6.07) is 1.26. The molecule has 0 bridgehead atoms. The molecule has 1 N–H and O–H groups in total. The molecule has 1 aromatic heterocycles. The summed E-state index contributed by atoms with van der Waals surface area (Å²) in [5.74, 6) is 0. The van der Waals surface area contributed by atoms with Crippen molar-refractivity contribution in [3.8, 4) is 0 Å². The first-order chi connectivity index (χ1) is 8.22. The number of piperazine rings is 1. The van der Waals surface area contributed by atoms with Crippen LogP contribution in [0.25, 0.3) is 0 Å². The molecule has 2 rings (SSSR count). The van der Waals surface area contributed by atoms with Crippen LogP contribution < -0.4 is 5.32 Å². The van der Waals surface area contributed by atoms with Gasteiger partial charge in [-0.15, -0.1) is 0 Å². The molecule has 2 atom stereocenters. The lowest BCUT2D eigenvalue weighted by Gasteiger charge is -2.38. The highest BCUT2D eigenvalue weighted by Crippen LogP contribution is 2.14. The standard InChI is InChI=1S/C13H24N4/c1-4-13-7-14-11(3)8-16(13)9-12-6-15-17(5-2)10-12/h6,10-11,13-14H,4-5,7-9H2,1-3H3. The third-order valence-electron chi connectivity index (χ3n) is 3.59. The SMILES string of the molecule is CCC1CNC(C)CN1Cc1cnn(CC)c1. The second-order valence-electron chi connectivity index (χ2n) is 5.01. The molecule has 1 aromatic rings. The number of rotatable bonds is 4. The molecule has 17 heavy (non-hydrogen) atoms. The molecule has 1 saturated heterocycles. The summed E-state index contributed by atoms with van der Waals surface area (Å²) in [6.07, 6.45) is 5.38. The van der Waals surface area contributed by atoms with Gasteiger partial charge in [-0.25, -0.2) is 0 Å². The summed E-state index contributed by atoms with van der Waals surface area (Å²) in [4.78, 5) is 2.58. The maximum atomic E-state index is 4.34. The number of nitrogens with zero attached hydrogens (tertiary/aromatic N) is 3. The van der Waals surface area contributed by atoms with Crippen LogP contribution in [0.5, 0.6) is 0 Å². The quantitative estimate of drug-likeness (QED) is 0.859. The Morgan fingerprint density at radius 3 is 2.94 bits per heavy atom. The van der Waals surface area contributed by atoms with Gasteiger partial charge in [-0.1, -0.05) is 6.92 Å². The predicted octanol–water partition coefficient (Wildman–Crippen LogP) is 1.48. The lowest BCUT2D eigenvalue weighted by molar-refractivity contribution is 0.124. The van der Waals surface area contributed by atoms with Crippen LogP contribution in [0.1, 0.15) is 32.8 Å². The van der Waals surface area contributed by atoms with Gasteiger partial charge >= 0.3 is 0 Å². The lowest BCUT2D eigenvalue weighted by Crippen LogP contribution is -2.54. The first-order valence-corrected chi connectivity index (χ1v) is 6.71. The van der Waals surface area contributed by atoms with E-state index in [-0.39, 0.29) is 0 Å². The van der Waals surface area contributed by atoms with Gasteiger partial charge < -0.3 is 5.32 Å². The Balaban J connectivity index is 1.99. The Bertz CT molecular complexity index is 347. The van der Waals surface area contributed by atoms with Crippen LogP contribution in [-0.4, -0.2) is 39.9 Å². The Morgan fingerprint density at radius 1 is 1.47 bits per heavy atom. The summed E-state index contributed by atoms with van der Waals surface area (Å²) in [7, 11) is 0. The average molecular weight is 236 g/mol. The van der Waals surface area contributed by atoms with Gasteiger partial charge in [-0.05, 0) is 20.3 Å². The van der Waals surface area contributed by atoms with Gasteiger partial charge in [0.15, 0.2) is 0 Å². The normalized spacial score (nSPS) is 26.3. The van der Waals surface area contributed by atoms with Crippen molar-refractivity contribution in [2.75, 3.05) is 13.1 Å². The molecular formula is C13H24N4. The molecule has 0 aliphatic carbocycles. The number of aromatic nitrogens is 2. The van der Waals surface area contributed by atoms with Gasteiger partial charge in [0.05, 0.1) is 6.20 Å². The third kappa shape index (κ3) is 3.07. The van der Waals surface area contributed by atoms with E-state index in [0.29, 0.717) is 12.1 Å². The van der Waals surface area contributed by atoms with E-state index in [1.807, 2.05) is 10.9 Å². The molecule has 1 aliphatic rings. The van der Waals surface area contributed by atoms with E-state index in [9.17, 15) is 0 Å². The van der Waals surface area contributed by atoms with E-state index < -0.39 is 0 Å². The zero-order chi connectivity index (χ0) is 12.3. The zero-order valence-corrected chi connectivity index (χ0v) is 11.2. The van der Waals surface area contributed by atoms with Crippen molar-refractivity contribution in [3.63, 3.8) is 0 Å². The van der Waals surface area contributed by atoms with E-state index in [2.05, 4.69) is 42.3 Å². The van der Waals surface area contributed by atoms with Crippen LogP contribution in [0.15, 0.2) is 12.4 Å². The average Bonchev–Trinajstić information content (AvgIpc) is 2.77. The van der Waals surface area contributed by atoms with Crippen molar-refractivity contribution in [3.05, 3.63) is 18.0 Å². The summed E-state index contributed by atoms with van der Waals surface area (Å²) in [5.41, 5.74) is 1.33. The molecule has 96 valence electrons. The summed E-state index contributed by atoms with van der Waals surface area (Å²) >= 11 is 0. The van der Waals surface area contributed by atoms with E-state index >= 15 is 0 Å². The first kappa shape index (κ1) is 12.6. The highest BCUT2D eigenvalue weighted by molar-refractivity contribution is 5.04. The maximum absolute atomic E-state index is 4.34. The van der Waals surface area contributed by atoms with Crippen LogP contribution in [0, 0.1) is 0 Å². The second kappa shape index (κ2) is 5.65. The van der Waals surface area contributed by atoms with Crippen molar-refractivity contribution >= 4 is 0 Å². The second-order valence-corrected chi connectivity index (χ2v) is 5.01. The van der Waals surface area contributed by atoms with Crippen molar-refractivity contribution in [2.45, 2.75) is 52.4 Å². The van der Waals surface area contributed by atoms with Gasteiger partial charge in [0.2, 0.25) is 0 Å². The van der Waals surface area contributed by atoms with Crippen LogP contribution in [-0.2, 0) is 13.1 Å². The van der Waals surface area contributed by atoms with Crippen LogP contribution in [0.4, 0.5) is 0 Å². The molecule has 0 radical (unpaired) electrons. The van der Waals surface area contributed by atoms with E-state index in [1.165, 1.54) is 12.0 Å². The highest BCUT2D eigenvalue weighted by atomic mass is 15.3. The Labute approximate surface area is 104 Å². The number of hydrogen-bond acceptors (Lipinski definition) is 3. The molecule has 0 spiro atoms. The number of hydrogen-bond donors (Lipinski definition) is 1. The molecule has 1 aliphatic heterocycles. The topological polar surface area (TPSA) is 33.1 Å². The fourth-order valence-electron chi connectivity index (χ4n) is 2.52.